The smallest absolute Gasteiger partial charge is 0.354 e. The lowest BCUT2D eigenvalue weighted by atomic mass is 9.96. The van der Waals surface area contributed by atoms with E-state index in [9.17, 15) is 14.4 Å². The van der Waals surface area contributed by atoms with Gasteiger partial charge in [0.2, 0.25) is 5.91 Å². The van der Waals surface area contributed by atoms with Crippen molar-refractivity contribution in [3.63, 3.8) is 0 Å². The van der Waals surface area contributed by atoms with Crippen LogP contribution in [0.3, 0.4) is 0 Å². The van der Waals surface area contributed by atoms with E-state index in [2.05, 4.69) is 10.3 Å². The summed E-state index contributed by atoms with van der Waals surface area (Å²) in [4.78, 5) is 41.0. The summed E-state index contributed by atoms with van der Waals surface area (Å²) in [7, 11) is 0. The quantitative estimate of drug-likeness (QED) is 0.848. The highest BCUT2D eigenvalue weighted by Gasteiger charge is 2.29. The van der Waals surface area contributed by atoms with E-state index in [1.807, 2.05) is 6.92 Å². The van der Waals surface area contributed by atoms with E-state index in [0.29, 0.717) is 19.6 Å². The molecule has 0 aliphatic carbocycles. The second-order valence-corrected chi connectivity index (χ2v) is 5.59. The summed E-state index contributed by atoms with van der Waals surface area (Å²) in [5.41, 5.74) is -0.0652. The number of piperidine rings is 1. The monoisotopic (exact) mass is 319 g/mol. The highest BCUT2D eigenvalue weighted by Crippen LogP contribution is 2.18. The molecule has 1 fully saturated rings. The van der Waals surface area contributed by atoms with Crippen molar-refractivity contribution in [1.82, 2.24) is 15.2 Å². The van der Waals surface area contributed by atoms with Gasteiger partial charge in [-0.05, 0) is 31.4 Å². The Balaban J connectivity index is 2.06. The summed E-state index contributed by atoms with van der Waals surface area (Å²) >= 11 is 0. The van der Waals surface area contributed by atoms with Crippen LogP contribution in [-0.4, -0.2) is 52.4 Å². The lowest BCUT2D eigenvalue weighted by Crippen LogP contribution is -2.45. The van der Waals surface area contributed by atoms with Crippen molar-refractivity contribution in [2.24, 2.45) is 5.92 Å². The molecule has 1 saturated heterocycles. The third-order valence-electron chi connectivity index (χ3n) is 3.82. The maximum absolute atomic E-state index is 12.5. The molecular formula is C16H21N3O4. The van der Waals surface area contributed by atoms with Crippen LogP contribution in [0, 0.1) is 5.92 Å². The molecule has 7 heteroatoms. The van der Waals surface area contributed by atoms with Crippen molar-refractivity contribution in [3.8, 4) is 0 Å². The molecule has 23 heavy (non-hydrogen) atoms. The number of rotatable bonds is 5. The van der Waals surface area contributed by atoms with Crippen molar-refractivity contribution in [1.29, 1.82) is 0 Å². The van der Waals surface area contributed by atoms with Gasteiger partial charge < -0.3 is 15.3 Å². The number of pyridine rings is 1. The third-order valence-corrected chi connectivity index (χ3v) is 3.82. The van der Waals surface area contributed by atoms with Crippen LogP contribution in [0.4, 0.5) is 0 Å². The molecule has 0 bridgehead atoms. The Morgan fingerprint density at radius 3 is 2.78 bits per heavy atom. The number of aromatic carboxylic acids is 1. The molecule has 2 amide bonds. The van der Waals surface area contributed by atoms with E-state index >= 15 is 0 Å². The maximum Gasteiger partial charge on any atom is 0.354 e. The highest BCUT2D eigenvalue weighted by atomic mass is 16.4. The number of carbonyl (C=O) groups is 3. The zero-order valence-corrected chi connectivity index (χ0v) is 13.1. The Labute approximate surface area is 134 Å². The van der Waals surface area contributed by atoms with Crippen molar-refractivity contribution in [2.75, 3.05) is 19.6 Å². The molecule has 0 spiro atoms. The van der Waals surface area contributed by atoms with Crippen LogP contribution < -0.4 is 5.32 Å². The summed E-state index contributed by atoms with van der Waals surface area (Å²) in [6.07, 6.45) is 2.36. The van der Waals surface area contributed by atoms with E-state index in [4.69, 9.17) is 5.11 Å². The second-order valence-electron chi connectivity index (χ2n) is 5.59. The molecule has 2 N–H and O–H groups in total. The van der Waals surface area contributed by atoms with Crippen molar-refractivity contribution in [2.45, 2.75) is 26.2 Å². The van der Waals surface area contributed by atoms with Gasteiger partial charge in [-0.2, -0.15) is 0 Å². The van der Waals surface area contributed by atoms with E-state index in [-0.39, 0.29) is 29.1 Å². The SMILES string of the molecule is CCCNC(=O)C1CCCN(C(=O)c2cccc(C(=O)O)n2)C1. The number of carbonyl (C=O) groups excluding carboxylic acids is 2. The number of carboxylic acids is 1. The van der Waals surface area contributed by atoms with Crippen LogP contribution >= 0.6 is 0 Å². The average Bonchev–Trinajstić information content (AvgIpc) is 2.59. The van der Waals surface area contributed by atoms with Gasteiger partial charge in [0.1, 0.15) is 11.4 Å². The van der Waals surface area contributed by atoms with Crippen molar-refractivity contribution >= 4 is 17.8 Å². The van der Waals surface area contributed by atoms with Gasteiger partial charge in [-0.25, -0.2) is 9.78 Å². The second kappa shape index (κ2) is 7.71. The number of amides is 2. The van der Waals surface area contributed by atoms with Crippen molar-refractivity contribution < 1.29 is 19.5 Å². The van der Waals surface area contributed by atoms with Gasteiger partial charge in [0.25, 0.3) is 5.91 Å². The Hall–Kier alpha value is -2.44. The zero-order chi connectivity index (χ0) is 16.8. The fourth-order valence-corrected chi connectivity index (χ4v) is 2.60. The van der Waals surface area contributed by atoms with Gasteiger partial charge >= 0.3 is 5.97 Å². The van der Waals surface area contributed by atoms with E-state index < -0.39 is 5.97 Å². The summed E-state index contributed by atoms with van der Waals surface area (Å²) in [6, 6.07) is 4.34. The van der Waals surface area contributed by atoms with Crippen LogP contribution in [0.5, 0.6) is 0 Å². The molecule has 0 aromatic carbocycles. The zero-order valence-electron chi connectivity index (χ0n) is 13.1. The first-order chi connectivity index (χ1) is 11.0. The predicted octanol–water partition coefficient (Wildman–Crippen LogP) is 1.16. The summed E-state index contributed by atoms with van der Waals surface area (Å²) < 4.78 is 0. The molecule has 1 aliphatic rings. The lowest BCUT2D eigenvalue weighted by Gasteiger charge is -2.31. The minimum absolute atomic E-state index is 0.0309. The molecule has 1 aliphatic heterocycles. The van der Waals surface area contributed by atoms with Gasteiger partial charge in [-0.1, -0.05) is 13.0 Å². The Morgan fingerprint density at radius 1 is 1.35 bits per heavy atom. The minimum atomic E-state index is -1.17. The molecule has 2 heterocycles. The Bertz CT molecular complexity index is 603. The number of hydrogen-bond acceptors (Lipinski definition) is 4. The number of aromatic nitrogens is 1. The number of carboxylic acid groups (broad SMARTS) is 1. The first-order valence-corrected chi connectivity index (χ1v) is 7.80. The fraction of sp³-hybridized carbons (Fsp3) is 0.500. The van der Waals surface area contributed by atoms with Crippen LogP contribution in [0.1, 0.15) is 47.2 Å². The van der Waals surface area contributed by atoms with Gasteiger partial charge in [-0.15, -0.1) is 0 Å². The standard InChI is InChI=1S/C16H21N3O4/c1-2-8-17-14(20)11-5-4-9-19(10-11)15(21)12-6-3-7-13(18-12)16(22)23/h3,6-7,11H,2,4-5,8-10H2,1H3,(H,17,20)(H,22,23). The van der Waals surface area contributed by atoms with Crippen LogP contribution in [-0.2, 0) is 4.79 Å². The fourth-order valence-electron chi connectivity index (χ4n) is 2.60. The van der Waals surface area contributed by atoms with Crippen molar-refractivity contribution in [3.05, 3.63) is 29.6 Å². The molecule has 1 aromatic heterocycles. The van der Waals surface area contributed by atoms with Crippen LogP contribution in [0.15, 0.2) is 18.2 Å². The summed E-state index contributed by atoms with van der Waals surface area (Å²) in [5.74, 6) is -1.75. The molecule has 2 rings (SSSR count). The number of hydrogen-bond donors (Lipinski definition) is 2. The predicted molar refractivity (Wildman–Crippen MR) is 83.1 cm³/mol. The van der Waals surface area contributed by atoms with Crippen LogP contribution in [0.25, 0.3) is 0 Å². The molecule has 7 nitrogen and oxygen atoms in total. The molecule has 124 valence electrons. The van der Waals surface area contributed by atoms with E-state index in [1.165, 1.54) is 18.2 Å². The molecule has 1 unspecified atom stereocenters. The summed E-state index contributed by atoms with van der Waals surface area (Å²) in [6.45, 7) is 3.51. The number of nitrogens with one attached hydrogen (secondary N) is 1. The number of likely N-dealkylation sites (tertiary alicyclic amines) is 1. The van der Waals surface area contributed by atoms with E-state index in [1.54, 1.807) is 4.90 Å². The number of nitrogens with zero attached hydrogens (tertiary/aromatic N) is 2. The van der Waals surface area contributed by atoms with Gasteiger partial charge in [-0.3, -0.25) is 9.59 Å². The Kier molecular flexibility index (Phi) is 5.67. The normalized spacial score (nSPS) is 17.6. The third kappa shape index (κ3) is 4.28. The first-order valence-electron chi connectivity index (χ1n) is 7.80. The average molecular weight is 319 g/mol. The van der Waals surface area contributed by atoms with Gasteiger partial charge in [0, 0.05) is 19.6 Å². The topological polar surface area (TPSA) is 99.6 Å². The highest BCUT2D eigenvalue weighted by molar-refractivity contribution is 5.94. The first kappa shape index (κ1) is 16.9. The molecule has 0 radical (unpaired) electrons. The lowest BCUT2D eigenvalue weighted by molar-refractivity contribution is -0.126. The van der Waals surface area contributed by atoms with Crippen LogP contribution in [0.2, 0.25) is 0 Å². The molecular weight excluding hydrogens is 298 g/mol. The van der Waals surface area contributed by atoms with Gasteiger partial charge in [0.05, 0.1) is 5.92 Å². The summed E-state index contributed by atoms with van der Waals surface area (Å²) in [5, 5.41) is 11.8. The molecule has 0 saturated carbocycles. The maximum atomic E-state index is 12.5. The van der Waals surface area contributed by atoms with Gasteiger partial charge in [0.15, 0.2) is 0 Å². The van der Waals surface area contributed by atoms with E-state index in [0.717, 1.165) is 19.3 Å². The minimum Gasteiger partial charge on any atom is -0.477 e. The largest absolute Gasteiger partial charge is 0.477 e. The molecule has 1 aromatic rings. The molecule has 1 atom stereocenters. The Morgan fingerprint density at radius 2 is 2.09 bits per heavy atom.